The highest BCUT2D eigenvalue weighted by molar-refractivity contribution is 6.05. The molecule has 0 aliphatic rings. The van der Waals surface area contributed by atoms with Crippen LogP contribution >= 0.6 is 0 Å². The monoisotopic (exact) mass is 312 g/mol. The predicted octanol–water partition coefficient (Wildman–Crippen LogP) is 2.97. The van der Waals surface area contributed by atoms with Crippen LogP contribution in [0.4, 0.5) is 24.5 Å². The summed E-state index contributed by atoms with van der Waals surface area (Å²) in [5, 5.41) is 21.9. The summed E-state index contributed by atoms with van der Waals surface area (Å²) < 4.78 is 39.5. The Labute approximate surface area is 121 Å². The maximum absolute atomic E-state index is 13.6. The number of rotatable bonds is 3. The van der Waals surface area contributed by atoms with Crippen molar-refractivity contribution in [2.75, 3.05) is 5.32 Å². The molecule has 2 N–H and O–H groups in total. The van der Waals surface area contributed by atoms with E-state index < -0.39 is 51.0 Å². The van der Waals surface area contributed by atoms with Gasteiger partial charge in [0.1, 0.15) is 5.82 Å². The summed E-state index contributed by atoms with van der Waals surface area (Å²) in [6.07, 6.45) is 0. The number of non-ortho nitro benzene ring substituents is 1. The van der Waals surface area contributed by atoms with Crippen LogP contribution in [0.25, 0.3) is 0 Å². The zero-order chi connectivity index (χ0) is 16.4. The molecule has 0 aliphatic heterocycles. The maximum atomic E-state index is 13.6. The van der Waals surface area contributed by atoms with Gasteiger partial charge in [0, 0.05) is 12.1 Å². The number of hydrogen-bond donors (Lipinski definition) is 2. The molecule has 0 unspecified atom stereocenters. The van der Waals surface area contributed by atoms with Crippen molar-refractivity contribution in [3.63, 3.8) is 0 Å². The first kappa shape index (κ1) is 15.3. The topological polar surface area (TPSA) is 92.5 Å². The molecule has 2 aromatic rings. The molecule has 0 heterocycles. The summed E-state index contributed by atoms with van der Waals surface area (Å²) >= 11 is 0. The minimum atomic E-state index is -1.59. The van der Waals surface area contributed by atoms with E-state index in [1.54, 1.807) is 0 Å². The number of anilines is 1. The largest absolute Gasteiger partial charge is 0.503 e. The summed E-state index contributed by atoms with van der Waals surface area (Å²) in [5.74, 6) is -6.30. The fourth-order valence-electron chi connectivity index (χ4n) is 1.63. The van der Waals surface area contributed by atoms with Crippen LogP contribution in [0.1, 0.15) is 10.4 Å². The summed E-state index contributed by atoms with van der Waals surface area (Å²) in [6.45, 7) is 0. The number of nitro groups is 1. The molecule has 0 fully saturated rings. The molecular weight excluding hydrogens is 305 g/mol. The molecule has 2 aromatic carbocycles. The Morgan fingerprint density at radius 3 is 2.41 bits per heavy atom. The number of amides is 1. The fourth-order valence-corrected chi connectivity index (χ4v) is 1.63. The third kappa shape index (κ3) is 2.82. The molecule has 2 rings (SSSR count). The first-order valence-electron chi connectivity index (χ1n) is 5.73. The molecular formula is C13H7F3N2O4. The molecule has 0 atom stereocenters. The lowest BCUT2D eigenvalue weighted by Gasteiger charge is -2.08. The van der Waals surface area contributed by atoms with Gasteiger partial charge in [0.25, 0.3) is 11.6 Å². The number of hydrogen-bond acceptors (Lipinski definition) is 4. The van der Waals surface area contributed by atoms with Crippen LogP contribution in [-0.2, 0) is 0 Å². The lowest BCUT2D eigenvalue weighted by Crippen LogP contribution is -2.14. The second-order valence-corrected chi connectivity index (χ2v) is 4.13. The van der Waals surface area contributed by atoms with Crippen molar-refractivity contribution in [1.82, 2.24) is 0 Å². The first-order chi connectivity index (χ1) is 10.3. The van der Waals surface area contributed by atoms with Gasteiger partial charge < -0.3 is 10.4 Å². The number of carbonyl (C=O) groups is 1. The zero-order valence-corrected chi connectivity index (χ0v) is 10.6. The van der Waals surface area contributed by atoms with Gasteiger partial charge in [-0.1, -0.05) is 0 Å². The molecule has 0 bridgehead atoms. The van der Waals surface area contributed by atoms with E-state index in [9.17, 15) is 33.2 Å². The minimum Gasteiger partial charge on any atom is -0.503 e. The normalized spacial score (nSPS) is 10.3. The molecule has 0 aromatic heterocycles. The van der Waals surface area contributed by atoms with Crippen LogP contribution < -0.4 is 5.32 Å². The summed E-state index contributed by atoms with van der Waals surface area (Å²) in [5.41, 5.74) is -1.71. The summed E-state index contributed by atoms with van der Waals surface area (Å²) in [7, 11) is 0. The van der Waals surface area contributed by atoms with Crippen LogP contribution in [0.2, 0.25) is 0 Å². The molecule has 0 aliphatic carbocycles. The average molecular weight is 312 g/mol. The number of benzene rings is 2. The third-order valence-electron chi connectivity index (χ3n) is 2.72. The van der Waals surface area contributed by atoms with Gasteiger partial charge in [-0.3, -0.25) is 14.9 Å². The van der Waals surface area contributed by atoms with Gasteiger partial charge in [-0.15, -0.1) is 0 Å². The van der Waals surface area contributed by atoms with Crippen LogP contribution in [0.5, 0.6) is 5.75 Å². The van der Waals surface area contributed by atoms with Crippen molar-refractivity contribution in [3.8, 4) is 5.75 Å². The molecule has 0 saturated carbocycles. The standard InChI is InChI=1S/C13H7F3N2O4/c14-8-2-1-6(18(21)22)5-7(8)13(20)17-10-4-3-9(15)11(16)12(10)19/h1-5,19H,(H,17,20). The third-order valence-corrected chi connectivity index (χ3v) is 2.72. The highest BCUT2D eigenvalue weighted by atomic mass is 19.2. The van der Waals surface area contributed by atoms with Gasteiger partial charge in [0.15, 0.2) is 11.6 Å². The Bertz CT molecular complexity index is 780. The van der Waals surface area contributed by atoms with E-state index >= 15 is 0 Å². The van der Waals surface area contributed by atoms with Gasteiger partial charge in [0.2, 0.25) is 5.82 Å². The smallest absolute Gasteiger partial charge is 0.270 e. The SMILES string of the molecule is O=C(Nc1ccc(F)c(F)c1O)c1cc([N+](=O)[O-])ccc1F. The van der Waals surface area contributed by atoms with Gasteiger partial charge in [-0.2, -0.15) is 4.39 Å². The number of aromatic hydroxyl groups is 1. The number of phenols is 1. The molecule has 22 heavy (non-hydrogen) atoms. The second-order valence-electron chi connectivity index (χ2n) is 4.13. The number of carbonyl (C=O) groups excluding carboxylic acids is 1. The van der Waals surface area contributed by atoms with Crippen molar-refractivity contribution in [2.45, 2.75) is 0 Å². The number of halogens is 3. The molecule has 1 amide bonds. The molecule has 0 radical (unpaired) electrons. The Morgan fingerprint density at radius 1 is 1.14 bits per heavy atom. The maximum Gasteiger partial charge on any atom is 0.270 e. The quantitative estimate of drug-likeness (QED) is 0.518. The predicted molar refractivity (Wildman–Crippen MR) is 69.0 cm³/mol. The lowest BCUT2D eigenvalue weighted by atomic mass is 10.1. The molecule has 0 saturated heterocycles. The van der Waals surface area contributed by atoms with Gasteiger partial charge >= 0.3 is 0 Å². The van der Waals surface area contributed by atoms with E-state index in [0.29, 0.717) is 12.1 Å². The Kier molecular flexibility index (Phi) is 3.97. The second kappa shape index (κ2) is 5.72. The highest BCUT2D eigenvalue weighted by Gasteiger charge is 2.20. The molecule has 9 heteroatoms. The van der Waals surface area contributed by atoms with E-state index in [4.69, 9.17) is 0 Å². The van der Waals surface area contributed by atoms with Gasteiger partial charge in [-0.25, -0.2) is 8.78 Å². The first-order valence-corrected chi connectivity index (χ1v) is 5.73. The minimum absolute atomic E-state index is 0.505. The number of nitrogens with one attached hydrogen (secondary N) is 1. The van der Waals surface area contributed by atoms with Crippen LogP contribution in [0.15, 0.2) is 30.3 Å². The van der Waals surface area contributed by atoms with Crippen molar-refractivity contribution in [3.05, 3.63) is 63.5 Å². The zero-order valence-electron chi connectivity index (χ0n) is 10.6. The van der Waals surface area contributed by atoms with E-state index in [1.165, 1.54) is 0 Å². The highest BCUT2D eigenvalue weighted by Crippen LogP contribution is 2.29. The van der Waals surface area contributed by atoms with Crippen molar-refractivity contribution >= 4 is 17.3 Å². The Hall–Kier alpha value is -3.10. The number of nitrogens with zero attached hydrogens (tertiary/aromatic N) is 1. The van der Waals surface area contributed by atoms with Crippen molar-refractivity contribution in [2.24, 2.45) is 0 Å². The Morgan fingerprint density at radius 2 is 1.77 bits per heavy atom. The number of nitro benzene ring substituents is 1. The van der Waals surface area contributed by atoms with Crippen molar-refractivity contribution in [1.29, 1.82) is 0 Å². The van der Waals surface area contributed by atoms with E-state index in [0.717, 1.165) is 18.2 Å². The average Bonchev–Trinajstić information content (AvgIpc) is 2.48. The summed E-state index contributed by atoms with van der Waals surface area (Å²) in [4.78, 5) is 21.6. The molecule has 6 nitrogen and oxygen atoms in total. The number of phenolic OH excluding ortho intramolecular Hbond substituents is 1. The molecule has 114 valence electrons. The Balaban J connectivity index is 2.36. The van der Waals surface area contributed by atoms with Gasteiger partial charge in [0.05, 0.1) is 16.2 Å². The van der Waals surface area contributed by atoms with E-state index in [2.05, 4.69) is 0 Å². The lowest BCUT2D eigenvalue weighted by molar-refractivity contribution is -0.384. The summed E-state index contributed by atoms with van der Waals surface area (Å²) in [6, 6.07) is 3.77. The van der Waals surface area contributed by atoms with E-state index in [-0.39, 0.29) is 0 Å². The fraction of sp³-hybridized carbons (Fsp3) is 0. The van der Waals surface area contributed by atoms with Gasteiger partial charge in [-0.05, 0) is 18.2 Å². The van der Waals surface area contributed by atoms with Crippen LogP contribution in [0.3, 0.4) is 0 Å². The molecule has 0 spiro atoms. The van der Waals surface area contributed by atoms with Crippen molar-refractivity contribution < 1.29 is 28.0 Å². The van der Waals surface area contributed by atoms with E-state index in [1.807, 2.05) is 5.32 Å². The van der Waals surface area contributed by atoms with Crippen LogP contribution in [-0.4, -0.2) is 15.9 Å². The van der Waals surface area contributed by atoms with Crippen LogP contribution in [0, 0.1) is 27.6 Å².